The van der Waals surface area contributed by atoms with E-state index in [0.717, 1.165) is 17.0 Å². The second-order valence-electron chi connectivity index (χ2n) is 8.73. The molecule has 2 aromatic rings. The maximum atomic E-state index is 12.2. The predicted molar refractivity (Wildman–Crippen MR) is 124 cm³/mol. The number of nitrogen functional groups attached to an aromatic ring is 1. The molecule has 1 aliphatic heterocycles. The Bertz CT molecular complexity index is 1420. The Morgan fingerprint density at radius 1 is 1.10 bits per heavy atom. The summed E-state index contributed by atoms with van der Waals surface area (Å²) in [6.07, 6.45) is -10.4. The lowest BCUT2D eigenvalue weighted by atomic mass is 9.90. The number of anilines is 1. The lowest BCUT2D eigenvalue weighted by Crippen LogP contribution is -2.49. The van der Waals surface area contributed by atoms with E-state index in [-0.39, 0.29) is 22.7 Å². The predicted octanol–water partition coefficient (Wildman–Crippen LogP) is -4.65. The Morgan fingerprint density at radius 3 is 2.45 bits per heavy atom. The molecule has 20 nitrogen and oxygen atoms in total. The molecule has 1 saturated heterocycles. The summed E-state index contributed by atoms with van der Waals surface area (Å²) in [5.41, 5.74) is 4.30. The van der Waals surface area contributed by atoms with Crippen LogP contribution in [0.15, 0.2) is 22.8 Å². The number of nitrogens with one attached hydrogen (secondary N) is 1. The summed E-state index contributed by atoms with van der Waals surface area (Å²) in [5, 5.41) is 50.4. The largest absolute Gasteiger partial charge is 0.756 e. The van der Waals surface area contributed by atoms with Gasteiger partial charge in [-0.05, 0) is 11.6 Å². The Kier molecular flexibility index (Phi) is 8.96. The van der Waals surface area contributed by atoms with E-state index < -0.39 is 83.4 Å². The molecule has 224 valence electrons. The first kappa shape index (κ1) is 30.8. The summed E-state index contributed by atoms with van der Waals surface area (Å²) >= 11 is 0. The fourth-order valence-electron chi connectivity index (χ4n) is 4.06. The summed E-state index contributed by atoms with van der Waals surface area (Å²) in [5.74, 6) is -0.276. The molecule has 22 heteroatoms. The molecule has 0 amide bonds. The molecular weight excluding hydrogens is 588 g/mol. The third kappa shape index (κ3) is 6.35. The van der Waals surface area contributed by atoms with E-state index in [0.29, 0.717) is 0 Å². The molecule has 10 atom stereocenters. The van der Waals surface area contributed by atoms with Crippen molar-refractivity contribution in [1.82, 2.24) is 19.5 Å². The highest BCUT2D eigenvalue weighted by Crippen LogP contribution is 2.56. The first-order chi connectivity index (χ1) is 18.6. The molecule has 8 N–H and O–H groups in total. The number of phosphoric acid groups is 2. The summed E-state index contributed by atoms with van der Waals surface area (Å²) < 4.78 is 48.6. The highest BCUT2D eigenvalue weighted by Gasteiger charge is 2.45. The van der Waals surface area contributed by atoms with Crippen molar-refractivity contribution >= 4 is 32.8 Å². The van der Waals surface area contributed by atoms with Crippen LogP contribution in [-0.4, -0.2) is 108 Å². The monoisotopic (exact) mass is 613 g/mol. The summed E-state index contributed by atoms with van der Waals surface area (Å²) in [6, 6.07) is 0. The number of nitrogens with zero attached hydrogens (tertiary/aromatic N) is 3. The fourth-order valence-corrected chi connectivity index (χ4v) is 6.06. The van der Waals surface area contributed by atoms with Gasteiger partial charge < -0.3 is 59.6 Å². The van der Waals surface area contributed by atoms with E-state index in [4.69, 9.17) is 15.2 Å². The van der Waals surface area contributed by atoms with Crippen molar-refractivity contribution in [3.63, 3.8) is 0 Å². The van der Waals surface area contributed by atoms with Crippen molar-refractivity contribution in [2.75, 3.05) is 26.1 Å². The zero-order valence-electron chi connectivity index (χ0n) is 20.3. The van der Waals surface area contributed by atoms with Crippen molar-refractivity contribution in [2.45, 2.75) is 49.0 Å². The number of methoxy groups -OCH3 is 1. The van der Waals surface area contributed by atoms with Crippen molar-refractivity contribution in [1.29, 1.82) is 0 Å². The SMILES string of the molecule is CO[C@@H]1C=C(COP(=O)([O-])OP(=O)([O-])OC[C@H]2O[C@@H](n3cnc4c(=O)[nH]c(N)nc43)C(O)C2O)C(O)C(O)[C@@H]1O. The Labute approximate surface area is 223 Å². The lowest BCUT2D eigenvalue weighted by Gasteiger charge is -2.35. The number of hydrogen-bond donors (Lipinski definition) is 7. The summed E-state index contributed by atoms with van der Waals surface area (Å²) in [6.45, 7) is -1.99. The zero-order valence-corrected chi connectivity index (χ0v) is 22.1. The van der Waals surface area contributed by atoms with Gasteiger partial charge in [-0.1, -0.05) is 0 Å². The van der Waals surface area contributed by atoms with E-state index in [1.165, 1.54) is 7.11 Å². The number of fused-ring (bicyclic) bond motifs is 1. The van der Waals surface area contributed by atoms with Crippen molar-refractivity contribution in [2.24, 2.45) is 0 Å². The van der Waals surface area contributed by atoms with E-state index >= 15 is 0 Å². The quantitative estimate of drug-likeness (QED) is 0.0978. The van der Waals surface area contributed by atoms with Gasteiger partial charge in [0.15, 0.2) is 17.4 Å². The highest BCUT2D eigenvalue weighted by molar-refractivity contribution is 7.59. The van der Waals surface area contributed by atoms with Gasteiger partial charge in [-0.25, -0.2) is 9.29 Å². The van der Waals surface area contributed by atoms with Crippen molar-refractivity contribution < 1.29 is 67.3 Å². The number of aliphatic hydroxyl groups excluding tert-OH is 5. The number of imidazole rings is 1. The molecule has 40 heavy (non-hydrogen) atoms. The van der Waals surface area contributed by atoms with Gasteiger partial charge in [0.2, 0.25) is 5.95 Å². The second-order valence-corrected chi connectivity index (χ2v) is 11.7. The zero-order chi connectivity index (χ0) is 29.6. The molecular formula is C18H25N5O15P2-2. The number of aromatic amines is 1. The van der Waals surface area contributed by atoms with Crippen molar-refractivity contribution in [3.8, 4) is 0 Å². The topological polar surface area (TPSA) is 317 Å². The number of ether oxygens (including phenoxy) is 2. The molecule has 0 saturated carbocycles. The number of H-pyrrole nitrogens is 1. The first-order valence-corrected chi connectivity index (χ1v) is 14.2. The van der Waals surface area contributed by atoms with Crippen LogP contribution in [0.2, 0.25) is 0 Å². The van der Waals surface area contributed by atoms with Crippen LogP contribution in [0.1, 0.15) is 6.23 Å². The van der Waals surface area contributed by atoms with Gasteiger partial charge in [0.25, 0.3) is 21.2 Å². The van der Waals surface area contributed by atoms with Crippen LogP contribution in [0.4, 0.5) is 5.95 Å². The maximum absolute atomic E-state index is 12.2. The third-order valence-corrected chi connectivity index (χ3v) is 8.60. The van der Waals surface area contributed by atoms with Crippen LogP contribution in [-0.2, 0) is 32.0 Å². The highest BCUT2D eigenvalue weighted by atomic mass is 31.3. The van der Waals surface area contributed by atoms with Crippen LogP contribution in [0.3, 0.4) is 0 Å². The van der Waals surface area contributed by atoms with Crippen molar-refractivity contribution in [3.05, 3.63) is 28.3 Å². The minimum Gasteiger partial charge on any atom is -0.756 e. The number of aliphatic hydroxyl groups is 5. The maximum Gasteiger partial charge on any atom is 0.280 e. The molecule has 0 aromatic carbocycles. The normalized spacial score (nSPS) is 34.0. The number of rotatable bonds is 10. The van der Waals surface area contributed by atoms with Crippen LogP contribution in [0, 0.1) is 0 Å². The van der Waals surface area contributed by atoms with Gasteiger partial charge in [0.05, 0.1) is 19.5 Å². The molecule has 3 heterocycles. The smallest absolute Gasteiger partial charge is 0.280 e. The first-order valence-electron chi connectivity index (χ1n) is 11.3. The van der Waals surface area contributed by atoms with Gasteiger partial charge in [0.1, 0.15) is 42.7 Å². The van der Waals surface area contributed by atoms with E-state index in [1.54, 1.807) is 0 Å². The Balaban J connectivity index is 1.37. The molecule has 0 radical (unpaired) electrons. The lowest BCUT2D eigenvalue weighted by molar-refractivity contribution is -0.245. The molecule has 1 aliphatic carbocycles. The molecule has 6 unspecified atom stereocenters. The molecule has 1 fully saturated rings. The number of hydrogen-bond acceptors (Lipinski definition) is 18. The second kappa shape index (κ2) is 11.6. The number of aromatic nitrogens is 4. The number of nitrogens with two attached hydrogens (primary N) is 1. The molecule has 0 spiro atoms. The van der Waals surface area contributed by atoms with Gasteiger partial charge in [-0.3, -0.25) is 23.5 Å². The Morgan fingerprint density at radius 2 is 1.77 bits per heavy atom. The van der Waals surface area contributed by atoms with E-state index in [2.05, 4.69) is 28.3 Å². The van der Waals surface area contributed by atoms with Crippen LogP contribution in [0.25, 0.3) is 11.2 Å². The summed E-state index contributed by atoms with van der Waals surface area (Å²) in [4.78, 5) is 46.2. The minimum atomic E-state index is -5.68. The molecule has 4 rings (SSSR count). The van der Waals surface area contributed by atoms with E-state index in [1.807, 2.05) is 0 Å². The average molecular weight is 613 g/mol. The van der Waals surface area contributed by atoms with E-state index in [9.17, 15) is 49.2 Å². The molecule has 2 aromatic heterocycles. The van der Waals surface area contributed by atoms with Gasteiger partial charge in [-0.15, -0.1) is 0 Å². The average Bonchev–Trinajstić information content (AvgIpc) is 3.41. The van der Waals surface area contributed by atoms with Crippen LogP contribution >= 0.6 is 15.6 Å². The van der Waals surface area contributed by atoms with Crippen LogP contribution < -0.4 is 21.1 Å². The Hall–Kier alpha value is -2.13. The van der Waals surface area contributed by atoms with Gasteiger partial charge in [-0.2, -0.15) is 4.98 Å². The van der Waals surface area contributed by atoms with Gasteiger partial charge >= 0.3 is 0 Å². The number of phosphoric ester groups is 2. The minimum absolute atomic E-state index is 0.113. The third-order valence-electron chi connectivity index (χ3n) is 6.09. The fraction of sp³-hybridized carbons (Fsp3) is 0.611. The molecule has 0 bridgehead atoms. The van der Waals surface area contributed by atoms with Gasteiger partial charge in [0, 0.05) is 7.11 Å². The standard InChI is InChI=1S/C18H27N5O15P2/c1-34-7-2-6(10(24)13(27)11(7)25)3-35-39(30,31)38-40(32,33)36-4-8-12(26)14(28)17(37-8)23-5-20-9-15(23)21-18(19)22-16(9)29/h2,5,7-8,10-14,17,24-28H,3-4H2,1H3,(H,30,31)(H,32,33)(H3,19,21,22,29)/p-2/t7-,8-,10?,11-,12?,13?,14?,17-/m1/s1. The van der Waals surface area contributed by atoms with Crippen LogP contribution in [0.5, 0.6) is 0 Å². The summed E-state index contributed by atoms with van der Waals surface area (Å²) in [7, 11) is -10.2. The molecule has 2 aliphatic rings.